The van der Waals surface area contributed by atoms with Gasteiger partial charge >= 0.3 is 7.12 Å². The minimum absolute atomic E-state index is 0.0188. The Balaban J connectivity index is 1.43. The first-order valence-electron chi connectivity index (χ1n) is 15.8. The van der Waals surface area contributed by atoms with Gasteiger partial charge in [0.2, 0.25) is 11.8 Å². The van der Waals surface area contributed by atoms with Crippen LogP contribution in [0.5, 0.6) is 0 Å². The summed E-state index contributed by atoms with van der Waals surface area (Å²) < 4.78 is 38.7. The van der Waals surface area contributed by atoms with E-state index in [0.717, 1.165) is 12.8 Å². The van der Waals surface area contributed by atoms with Crippen LogP contribution in [0.25, 0.3) is 0 Å². The summed E-state index contributed by atoms with van der Waals surface area (Å²) in [5, 5.41) is 8.89. The molecule has 5 rings (SSSR count). The van der Waals surface area contributed by atoms with Gasteiger partial charge in [-0.1, -0.05) is 45.9 Å². The highest BCUT2D eigenvalue weighted by Gasteiger charge is 2.68. The first-order chi connectivity index (χ1) is 20.7. The Hall–Kier alpha value is -2.64. The maximum absolute atomic E-state index is 13.8. The minimum Gasteiger partial charge on any atom is -0.404 e. The lowest BCUT2D eigenvalue weighted by atomic mass is 9.43. The van der Waals surface area contributed by atoms with Crippen molar-refractivity contribution in [1.82, 2.24) is 16.0 Å². The van der Waals surface area contributed by atoms with Crippen LogP contribution in [0.3, 0.4) is 0 Å². The van der Waals surface area contributed by atoms with Crippen molar-refractivity contribution in [2.24, 2.45) is 33.9 Å². The lowest BCUT2D eigenvalue weighted by Gasteiger charge is -2.64. The van der Waals surface area contributed by atoms with Crippen LogP contribution in [0.2, 0.25) is 0 Å². The van der Waals surface area contributed by atoms with Gasteiger partial charge in [0.15, 0.2) is 15.8 Å². The Bertz CT molecular complexity index is 1310. The molecule has 1 aromatic carbocycles. The number of nitrogens with zero attached hydrogens (tertiary/aromatic N) is 1. The van der Waals surface area contributed by atoms with Crippen LogP contribution in [0, 0.1) is 23.2 Å². The fraction of sp³-hybridized carbons (Fsp3) is 0.710. The molecule has 5 N–H and O–H groups in total. The number of nitrogens with two attached hydrogens (primary N) is 1. The first-order valence-corrected chi connectivity index (χ1v) is 17.5. The van der Waals surface area contributed by atoms with Crippen LogP contribution in [-0.4, -0.2) is 76.3 Å². The molecule has 4 fully saturated rings. The summed E-state index contributed by atoms with van der Waals surface area (Å²) in [6.45, 7) is 11.4. The summed E-state index contributed by atoms with van der Waals surface area (Å²) in [6.07, 6.45) is 3.25. The van der Waals surface area contributed by atoms with E-state index in [-0.39, 0.29) is 46.4 Å². The second-order valence-corrected chi connectivity index (χ2v) is 15.9. The van der Waals surface area contributed by atoms with Crippen molar-refractivity contribution in [2.45, 2.75) is 102 Å². The second-order valence-electron chi connectivity index (χ2n) is 13.8. The van der Waals surface area contributed by atoms with Crippen LogP contribution in [0.1, 0.15) is 73.1 Å². The van der Waals surface area contributed by atoms with E-state index in [9.17, 15) is 18.0 Å². The zero-order valence-corrected chi connectivity index (χ0v) is 27.8. The van der Waals surface area contributed by atoms with Crippen LogP contribution in [0.4, 0.5) is 0 Å². The quantitative estimate of drug-likeness (QED) is 0.105. The van der Waals surface area contributed by atoms with Gasteiger partial charge in [0.05, 0.1) is 28.3 Å². The van der Waals surface area contributed by atoms with Crippen molar-refractivity contribution in [3.05, 3.63) is 30.3 Å². The lowest BCUT2D eigenvalue weighted by molar-refractivity contribution is -0.199. The summed E-state index contributed by atoms with van der Waals surface area (Å²) in [4.78, 5) is 30.8. The molecule has 1 aliphatic heterocycles. The number of hydrogen-bond donors (Lipinski definition) is 4. The van der Waals surface area contributed by atoms with Crippen LogP contribution in [-0.2, 0) is 28.7 Å². The number of sulfone groups is 1. The van der Waals surface area contributed by atoms with E-state index in [2.05, 4.69) is 55.6 Å². The lowest BCUT2D eigenvalue weighted by Crippen LogP contribution is -2.65. The molecule has 13 heteroatoms. The number of guanidine groups is 1. The van der Waals surface area contributed by atoms with Gasteiger partial charge in [0.1, 0.15) is 6.04 Å². The molecule has 0 spiro atoms. The Kier molecular flexibility index (Phi) is 10.7. The minimum atomic E-state index is -3.65. The van der Waals surface area contributed by atoms with Crippen molar-refractivity contribution >= 4 is 34.7 Å². The van der Waals surface area contributed by atoms with Crippen molar-refractivity contribution in [3.8, 4) is 0 Å². The third kappa shape index (κ3) is 7.59. The molecule has 6 atom stereocenters. The zero-order valence-electron chi connectivity index (χ0n) is 27.0. The summed E-state index contributed by atoms with van der Waals surface area (Å²) in [5.74, 6) is -0.105. The molecule has 0 aromatic heterocycles. The van der Waals surface area contributed by atoms with Gasteiger partial charge in [-0.3, -0.25) is 14.6 Å². The van der Waals surface area contributed by atoms with Gasteiger partial charge in [-0.15, -0.1) is 0 Å². The predicted molar refractivity (Wildman–Crippen MR) is 171 cm³/mol. The maximum atomic E-state index is 13.8. The Morgan fingerprint density at radius 3 is 2.48 bits per heavy atom. The monoisotopic (exact) mass is 631 g/mol. The molecule has 1 aromatic rings. The van der Waals surface area contributed by atoms with E-state index in [0.29, 0.717) is 37.6 Å². The summed E-state index contributed by atoms with van der Waals surface area (Å²) in [7, 11) is -2.67. The number of benzene rings is 1. The van der Waals surface area contributed by atoms with Gasteiger partial charge in [0, 0.05) is 20.0 Å². The van der Waals surface area contributed by atoms with E-state index in [1.165, 1.54) is 12.1 Å². The molecule has 2 bridgehead atoms. The van der Waals surface area contributed by atoms with Crippen molar-refractivity contribution in [2.75, 3.05) is 19.3 Å². The van der Waals surface area contributed by atoms with E-state index in [4.69, 9.17) is 15.0 Å². The summed E-state index contributed by atoms with van der Waals surface area (Å²) in [6, 6.07) is 7.14. The highest BCUT2D eigenvalue weighted by molar-refractivity contribution is 7.91. The van der Waals surface area contributed by atoms with Gasteiger partial charge in [-0.05, 0) is 74.3 Å². The molecule has 0 radical (unpaired) electrons. The van der Waals surface area contributed by atoms with Gasteiger partial charge < -0.3 is 31.0 Å². The molecule has 3 aliphatic carbocycles. The molecule has 44 heavy (non-hydrogen) atoms. The number of aliphatic imine (C=N–C) groups is 1. The Labute approximate surface area is 262 Å². The van der Waals surface area contributed by atoms with E-state index in [1.807, 2.05) is 0 Å². The molecule has 11 nitrogen and oxygen atoms in total. The van der Waals surface area contributed by atoms with Crippen LogP contribution in [0.15, 0.2) is 40.2 Å². The Morgan fingerprint density at radius 1 is 1.14 bits per heavy atom. The Morgan fingerprint density at radius 2 is 1.84 bits per heavy atom. The third-order valence-electron chi connectivity index (χ3n) is 9.92. The molecule has 3 saturated carbocycles. The predicted octanol–water partition coefficient (Wildman–Crippen LogP) is 2.45. The average molecular weight is 632 g/mol. The summed E-state index contributed by atoms with van der Waals surface area (Å²) in [5.41, 5.74) is 5.52. The average Bonchev–Trinajstić information content (AvgIpc) is 3.34. The molecule has 1 heterocycles. The number of hydrogen-bond acceptors (Lipinski definition) is 7. The normalized spacial score (nSPS) is 27.2. The number of nitrogens with one attached hydrogen (secondary N) is 3. The third-order valence-corrected chi connectivity index (χ3v) is 11.7. The molecular weight excluding hydrogens is 581 g/mol. The van der Waals surface area contributed by atoms with E-state index >= 15 is 0 Å². The SMILES string of the molecule is CN=C(N)NCCC[C@H](NC(=O)CCS(=O)(=O)c1ccccc1)C(=O)N[C@@H](CC(C)C)B1O[C@@H]2C[C@@H]3C[C@@H](C3(C)C)[C@]2(C)O1. The number of carbonyl (C=O) groups excluding carboxylic acids is 2. The standard InChI is InChI=1S/C31H50BN5O6S/c1-20(2)17-26(32-42-25-19-21-18-24(30(21,3)4)31(25,5)43-32)37-28(39)23(13-10-15-35-29(33)34-6)36-27(38)14-16-44(40,41)22-11-8-7-9-12-22/h7-9,11-12,20-21,23-26H,10,13-19H2,1-6H3,(H,36,38)(H,37,39)(H3,33,34,35)/t21-,23-,24-,25+,26-,31-/m0/s1. The fourth-order valence-electron chi connectivity index (χ4n) is 7.21. The van der Waals surface area contributed by atoms with Crippen molar-refractivity contribution in [1.29, 1.82) is 0 Å². The largest absolute Gasteiger partial charge is 0.481 e. The molecule has 2 amide bonds. The molecule has 0 unspecified atom stereocenters. The van der Waals surface area contributed by atoms with Crippen LogP contribution >= 0.6 is 0 Å². The fourth-order valence-corrected chi connectivity index (χ4v) is 8.47. The first kappa shape index (κ1) is 34.2. The van der Waals surface area contributed by atoms with E-state index in [1.54, 1.807) is 25.2 Å². The van der Waals surface area contributed by atoms with Gasteiger partial charge in [-0.2, -0.15) is 0 Å². The van der Waals surface area contributed by atoms with Crippen LogP contribution < -0.4 is 21.7 Å². The summed E-state index contributed by atoms with van der Waals surface area (Å²) >= 11 is 0. The maximum Gasteiger partial charge on any atom is 0.481 e. The molecule has 4 aliphatic rings. The second kappa shape index (κ2) is 13.8. The van der Waals surface area contributed by atoms with E-state index < -0.39 is 40.4 Å². The number of rotatable bonds is 14. The molecule has 244 valence electrons. The van der Waals surface area contributed by atoms with Crippen molar-refractivity contribution < 1.29 is 27.3 Å². The number of carbonyl (C=O) groups is 2. The number of amides is 2. The molecular formula is C31H50BN5O6S. The highest BCUT2D eigenvalue weighted by Crippen LogP contribution is 2.65. The van der Waals surface area contributed by atoms with Gasteiger partial charge in [-0.25, -0.2) is 8.42 Å². The van der Waals surface area contributed by atoms with Gasteiger partial charge in [0.25, 0.3) is 0 Å². The highest BCUT2D eigenvalue weighted by atomic mass is 32.2. The van der Waals surface area contributed by atoms with Crippen molar-refractivity contribution in [3.63, 3.8) is 0 Å². The topological polar surface area (TPSA) is 161 Å². The molecule has 1 saturated heterocycles. The zero-order chi connectivity index (χ0) is 32.3. The smallest absolute Gasteiger partial charge is 0.404 e.